The first-order chi connectivity index (χ1) is 9.95. The van der Waals surface area contributed by atoms with E-state index in [-0.39, 0.29) is 30.3 Å². The molecule has 0 aliphatic carbocycles. The van der Waals surface area contributed by atoms with Crippen molar-refractivity contribution in [2.75, 3.05) is 25.0 Å². The molecule has 114 valence electrons. The van der Waals surface area contributed by atoms with E-state index in [9.17, 15) is 14.0 Å². The topological polar surface area (TPSA) is 78.9 Å². The summed E-state index contributed by atoms with van der Waals surface area (Å²) >= 11 is 5.87. The van der Waals surface area contributed by atoms with Crippen LogP contribution in [-0.2, 0) is 9.53 Å². The van der Waals surface area contributed by atoms with Crippen molar-refractivity contribution < 1.29 is 23.8 Å². The van der Waals surface area contributed by atoms with Crippen LogP contribution in [0.15, 0.2) is 18.2 Å². The highest BCUT2D eigenvalue weighted by molar-refractivity contribution is 6.33. The highest BCUT2D eigenvalue weighted by atomic mass is 35.5. The lowest BCUT2D eigenvalue weighted by Gasteiger charge is -2.32. The molecule has 0 saturated carbocycles. The Bertz CT molecular complexity index is 555. The molecule has 2 N–H and O–H groups in total. The second kappa shape index (κ2) is 6.73. The summed E-state index contributed by atoms with van der Waals surface area (Å²) in [5, 5.41) is 11.5. The van der Waals surface area contributed by atoms with Gasteiger partial charge in [-0.2, -0.15) is 0 Å². The normalized spacial score (nSPS) is 18.4. The van der Waals surface area contributed by atoms with E-state index in [0.29, 0.717) is 6.54 Å². The van der Waals surface area contributed by atoms with E-state index in [1.807, 2.05) is 0 Å². The van der Waals surface area contributed by atoms with Crippen LogP contribution >= 0.6 is 11.6 Å². The molecule has 1 saturated heterocycles. The third-order valence-electron chi connectivity index (χ3n) is 3.00. The van der Waals surface area contributed by atoms with Crippen LogP contribution in [-0.4, -0.2) is 47.8 Å². The summed E-state index contributed by atoms with van der Waals surface area (Å²) in [6.07, 6.45) is -0.727. The summed E-state index contributed by atoms with van der Waals surface area (Å²) < 4.78 is 18.4. The maximum atomic E-state index is 13.1. The van der Waals surface area contributed by atoms with Crippen LogP contribution in [0.4, 0.5) is 14.9 Å². The number of halogens is 2. The average Bonchev–Trinajstić information content (AvgIpc) is 2.42. The number of morpholine rings is 1. The minimum Gasteiger partial charge on any atom is -0.481 e. The van der Waals surface area contributed by atoms with Gasteiger partial charge in [0.1, 0.15) is 5.82 Å². The van der Waals surface area contributed by atoms with Gasteiger partial charge in [-0.3, -0.25) is 4.79 Å². The number of anilines is 1. The minimum absolute atomic E-state index is 0.158. The summed E-state index contributed by atoms with van der Waals surface area (Å²) in [5.41, 5.74) is 0.169. The van der Waals surface area contributed by atoms with E-state index in [1.54, 1.807) is 0 Å². The monoisotopic (exact) mass is 316 g/mol. The van der Waals surface area contributed by atoms with Crippen LogP contribution < -0.4 is 5.32 Å². The number of carbonyl (C=O) groups is 2. The first kappa shape index (κ1) is 15.5. The van der Waals surface area contributed by atoms with Gasteiger partial charge < -0.3 is 20.1 Å². The second-order valence-corrected chi connectivity index (χ2v) is 5.00. The van der Waals surface area contributed by atoms with Crippen LogP contribution in [0.25, 0.3) is 0 Å². The molecule has 21 heavy (non-hydrogen) atoms. The number of nitrogens with zero attached hydrogens (tertiary/aromatic N) is 1. The average molecular weight is 317 g/mol. The van der Waals surface area contributed by atoms with Crippen molar-refractivity contribution in [3.05, 3.63) is 29.0 Å². The van der Waals surface area contributed by atoms with E-state index in [4.69, 9.17) is 21.4 Å². The van der Waals surface area contributed by atoms with E-state index in [2.05, 4.69) is 5.32 Å². The molecule has 1 heterocycles. The molecule has 0 spiro atoms. The van der Waals surface area contributed by atoms with Gasteiger partial charge in [0.2, 0.25) is 0 Å². The van der Waals surface area contributed by atoms with E-state index < -0.39 is 23.9 Å². The molecular formula is C13H14ClFN2O4. The van der Waals surface area contributed by atoms with Gasteiger partial charge in [-0.25, -0.2) is 9.18 Å². The molecule has 1 aromatic carbocycles. The fourth-order valence-corrected chi connectivity index (χ4v) is 2.17. The SMILES string of the molecule is O=C(O)CC1CN(C(=O)Nc2cc(F)ccc2Cl)CCO1. The molecule has 2 rings (SSSR count). The van der Waals surface area contributed by atoms with E-state index >= 15 is 0 Å². The van der Waals surface area contributed by atoms with Crippen LogP contribution in [0.3, 0.4) is 0 Å². The number of urea groups is 1. The summed E-state index contributed by atoms with van der Waals surface area (Å²) in [5.74, 6) is -1.50. The molecule has 1 unspecified atom stereocenters. The predicted octanol–water partition coefficient (Wildman–Crippen LogP) is 2.19. The molecule has 2 amide bonds. The van der Waals surface area contributed by atoms with Crippen molar-refractivity contribution in [3.63, 3.8) is 0 Å². The zero-order valence-electron chi connectivity index (χ0n) is 11.0. The van der Waals surface area contributed by atoms with Crippen LogP contribution in [0, 0.1) is 5.82 Å². The molecule has 8 heteroatoms. The Labute approximate surface area is 125 Å². The van der Waals surface area contributed by atoms with Crippen LogP contribution in [0.5, 0.6) is 0 Å². The molecule has 0 bridgehead atoms. The van der Waals surface area contributed by atoms with E-state index in [0.717, 1.165) is 6.07 Å². The van der Waals surface area contributed by atoms with Gasteiger partial charge in [0.25, 0.3) is 0 Å². The Kier molecular flexibility index (Phi) is 4.98. The number of benzene rings is 1. The van der Waals surface area contributed by atoms with Crippen LogP contribution in [0.2, 0.25) is 5.02 Å². The Balaban J connectivity index is 1.99. The number of carboxylic acid groups (broad SMARTS) is 1. The Morgan fingerprint density at radius 1 is 1.52 bits per heavy atom. The molecule has 1 aromatic rings. The lowest BCUT2D eigenvalue weighted by Crippen LogP contribution is -2.47. The summed E-state index contributed by atoms with van der Waals surface area (Å²) in [4.78, 5) is 24.2. The smallest absolute Gasteiger partial charge is 0.322 e. The molecule has 6 nitrogen and oxygen atoms in total. The summed E-state index contributed by atoms with van der Waals surface area (Å²) in [6, 6.07) is 3.19. The first-order valence-electron chi connectivity index (χ1n) is 6.30. The number of aliphatic carboxylic acids is 1. The molecule has 0 aromatic heterocycles. The van der Waals surface area contributed by atoms with Crippen molar-refractivity contribution in [3.8, 4) is 0 Å². The lowest BCUT2D eigenvalue weighted by atomic mass is 10.2. The molecule has 1 atom stereocenters. The lowest BCUT2D eigenvalue weighted by molar-refractivity contribution is -0.141. The van der Waals surface area contributed by atoms with Crippen molar-refractivity contribution in [2.24, 2.45) is 0 Å². The quantitative estimate of drug-likeness (QED) is 0.896. The number of rotatable bonds is 3. The Hall–Kier alpha value is -1.86. The van der Waals surface area contributed by atoms with Gasteiger partial charge in [0, 0.05) is 13.1 Å². The number of nitrogens with one attached hydrogen (secondary N) is 1. The fourth-order valence-electron chi connectivity index (χ4n) is 2.01. The van der Waals surface area contributed by atoms with Crippen molar-refractivity contribution in [2.45, 2.75) is 12.5 Å². The van der Waals surface area contributed by atoms with Gasteiger partial charge in [0.15, 0.2) is 0 Å². The number of hydrogen-bond acceptors (Lipinski definition) is 3. The number of carbonyl (C=O) groups excluding carboxylic acids is 1. The van der Waals surface area contributed by atoms with E-state index in [1.165, 1.54) is 17.0 Å². The van der Waals surface area contributed by atoms with Gasteiger partial charge in [-0.15, -0.1) is 0 Å². The number of amides is 2. The molecule has 1 aliphatic heterocycles. The molecule has 0 radical (unpaired) electrons. The van der Waals surface area contributed by atoms with Crippen molar-refractivity contribution in [1.29, 1.82) is 0 Å². The van der Waals surface area contributed by atoms with Gasteiger partial charge in [0.05, 0.1) is 29.8 Å². The predicted molar refractivity (Wildman–Crippen MR) is 74.0 cm³/mol. The van der Waals surface area contributed by atoms with Crippen molar-refractivity contribution in [1.82, 2.24) is 4.90 Å². The highest BCUT2D eigenvalue weighted by Gasteiger charge is 2.26. The first-order valence-corrected chi connectivity index (χ1v) is 6.68. The number of hydrogen-bond donors (Lipinski definition) is 2. The van der Waals surface area contributed by atoms with Crippen LogP contribution in [0.1, 0.15) is 6.42 Å². The molecule has 1 fully saturated rings. The third-order valence-corrected chi connectivity index (χ3v) is 3.33. The number of ether oxygens (including phenoxy) is 1. The molecule has 1 aliphatic rings. The van der Waals surface area contributed by atoms with Gasteiger partial charge >= 0.3 is 12.0 Å². The Morgan fingerprint density at radius 3 is 3.00 bits per heavy atom. The summed E-state index contributed by atoms with van der Waals surface area (Å²) in [7, 11) is 0. The zero-order chi connectivity index (χ0) is 15.4. The maximum absolute atomic E-state index is 13.1. The van der Waals surface area contributed by atoms with Gasteiger partial charge in [-0.1, -0.05) is 11.6 Å². The Morgan fingerprint density at radius 2 is 2.29 bits per heavy atom. The third kappa shape index (κ3) is 4.30. The van der Waals surface area contributed by atoms with Gasteiger partial charge in [-0.05, 0) is 18.2 Å². The molecular weight excluding hydrogens is 303 g/mol. The fraction of sp³-hybridized carbons (Fsp3) is 0.385. The zero-order valence-corrected chi connectivity index (χ0v) is 11.8. The van der Waals surface area contributed by atoms with Crippen molar-refractivity contribution >= 4 is 29.3 Å². The minimum atomic E-state index is -0.990. The summed E-state index contributed by atoms with van der Waals surface area (Å²) in [6.45, 7) is 0.738. The maximum Gasteiger partial charge on any atom is 0.322 e. The standard InChI is InChI=1S/C13H14ClFN2O4/c14-10-2-1-8(15)5-11(10)16-13(20)17-3-4-21-9(7-17)6-12(18)19/h1-2,5,9H,3-4,6-7H2,(H,16,20)(H,18,19). The largest absolute Gasteiger partial charge is 0.481 e. The highest BCUT2D eigenvalue weighted by Crippen LogP contribution is 2.23. The number of carboxylic acids is 1. The second-order valence-electron chi connectivity index (χ2n) is 4.59.